The number of hydrogen-bond acceptors (Lipinski definition) is 4. The Labute approximate surface area is 214 Å². The van der Waals surface area contributed by atoms with Gasteiger partial charge in [-0.1, -0.05) is 64.8 Å². The van der Waals surface area contributed by atoms with Gasteiger partial charge in [0, 0.05) is 27.7 Å². The number of benzene rings is 2. The van der Waals surface area contributed by atoms with Gasteiger partial charge in [-0.3, -0.25) is 4.79 Å². The van der Waals surface area contributed by atoms with Crippen molar-refractivity contribution >= 4 is 42.6 Å². The Kier molecular flexibility index (Phi) is 6.92. The summed E-state index contributed by atoms with van der Waals surface area (Å²) in [4.78, 5) is 18.0. The van der Waals surface area contributed by atoms with Crippen LogP contribution in [0.25, 0.3) is 27.6 Å². The maximum atomic E-state index is 15.2. The third-order valence-electron chi connectivity index (χ3n) is 5.79. The predicted octanol–water partition coefficient (Wildman–Crippen LogP) is 6.68. The van der Waals surface area contributed by atoms with Crippen molar-refractivity contribution in [3.8, 4) is 22.7 Å². The summed E-state index contributed by atoms with van der Waals surface area (Å²) in [6.07, 6.45) is 1.55. The molecule has 4 rings (SSSR count). The molecule has 0 unspecified atom stereocenters. The molecule has 0 atom stereocenters. The number of ether oxygens (including phenoxy) is 1. The van der Waals surface area contributed by atoms with E-state index in [0.29, 0.717) is 27.6 Å². The molecule has 176 valence electrons. The fourth-order valence-electron chi connectivity index (χ4n) is 3.95. The van der Waals surface area contributed by atoms with Crippen LogP contribution in [0.3, 0.4) is 0 Å². The molecule has 0 aliphatic carbocycles. The Hall–Kier alpha value is -2.58. The molecule has 0 amide bonds. The molecule has 0 N–H and O–H groups in total. The van der Waals surface area contributed by atoms with Crippen molar-refractivity contribution in [2.24, 2.45) is 0 Å². The normalized spacial score (nSPS) is 11.7. The minimum atomic E-state index is -0.541. The summed E-state index contributed by atoms with van der Waals surface area (Å²) < 4.78 is 21.7. The quantitative estimate of drug-likeness (QED) is 0.244. The van der Waals surface area contributed by atoms with E-state index in [-0.39, 0.29) is 10.8 Å². The Morgan fingerprint density at radius 2 is 1.82 bits per heavy atom. The first-order valence-electron chi connectivity index (χ1n) is 10.7. The number of fused-ring (bicyclic) bond motifs is 1. The lowest BCUT2D eigenvalue weighted by atomic mass is 9.86. The van der Waals surface area contributed by atoms with Crippen LogP contribution in [-0.4, -0.2) is 21.9 Å². The summed E-state index contributed by atoms with van der Waals surface area (Å²) in [5.74, 6) is -0.0201. The summed E-state index contributed by atoms with van der Waals surface area (Å²) in [7, 11) is 1.58. The maximum Gasteiger partial charge on any atom is 0.282 e. The molecule has 0 saturated heterocycles. The van der Waals surface area contributed by atoms with E-state index < -0.39 is 11.4 Å². The van der Waals surface area contributed by atoms with Crippen LogP contribution in [0.1, 0.15) is 37.6 Å². The molecular weight excluding hydrogens is 565 g/mol. The molecule has 0 bridgehead atoms. The van der Waals surface area contributed by atoms with Gasteiger partial charge in [0.05, 0.1) is 30.1 Å². The first-order chi connectivity index (χ1) is 16.2. The lowest BCUT2D eigenvalue weighted by molar-refractivity contribution is 0.397. The molecule has 0 aliphatic rings. The highest BCUT2D eigenvalue weighted by molar-refractivity contribution is 9.08. The van der Waals surface area contributed by atoms with Crippen molar-refractivity contribution in [3.63, 3.8) is 0 Å². The molecule has 4 aromatic rings. The molecule has 0 spiro atoms. The van der Waals surface area contributed by atoms with E-state index in [1.807, 2.05) is 51.1 Å². The van der Waals surface area contributed by atoms with Crippen molar-refractivity contribution in [2.75, 3.05) is 7.11 Å². The second kappa shape index (κ2) is 9.58. The van der Waals surface area contributed by atoms with E-state index in [1.54, 1.807) is 19.4 Å². The first kappa shape index (κ1) is 24.5. The molecule has 0 aliphatic heterocycles. The van der Waals surface area contributed by atoms with E-state index >= 15 is 4.39 Å². The van der Waals surface area contributed by atoms with Gasteiger partial charge in [0.15, 0.2) is 0 Å². The minimum Gasteiger partial charge on any atom is -0.481 e. The number of nitrogens with zero attached hydrogens (tertiary/aromatic N) is 3. The molecule has 34 heavy (non-hydrogen) atoms. The van der Waals surface area contributed by atoms with Gasteiger partial charge in [-0.25, -0.2) is 9.37 Å². The molecule has 2 aromatic heterocycles. The second-order valence-electron chi connectivity index (χ2n) is 8.95. The van der Waals surface area contributed by atoms with Crippen molar-refractivity contribution in [1.82, 2.24) is 14.8 Å². The molecule has 0 fully saturated rings. The van der Waals surface area contributed by atoms with Crippen molar-refractivity contribution in [3.05, 3.63) is 81.7 Å². The monoisotopic (exact) mass is 587 g/mol. The van der Waals surface area contributed by atoms with Gasteiger partial charge < -0.3 is 4.74 Å². The zero-order valence-electron chi connectivity index (χ0n) is 19.3. The molecule has 0 saturated carbocycles. The Bertz CT molecular complexity index is 1440. The standard InChI is InChI=1S/C26H24Br2FN3O2/c1-26(2,3)16-10-15-14-30-32(25(33)24(15)20(29)11-16)22-7-5-6-17(19(22)12-27)18-8-9-23(34-4)31-21(18)13-28/h5-11,14H,12-13H2,1-4H3. The van der Waals surface area contributed by atoms with E-state index in [2.05, 4.69) is 41.9 Å². The second-order valence-corrected chi connectivity index (χ2v) is 10.1. The van der Waals surface area contributed by atoms with Gasteiger partial charge in [-0.2, -0.15) is 9.78 Å². The number of methoxy groups -OCH3 is 1. The lowest BCUT2D eigenvalue weighted by Gasteiger charge is -2.20. The topological polar surface area (TPSA) is 57.0 Å². The van der Waals surface area contributed by atoms with Crippen LogP contribution in [0.15, 0.2) is 53.5 Å². The molecule has 0 radical (unpaired) electrons. The fourth-order valence-corrected chi connectivity index (χ4v) is 4.96. The molecule has 2 heterocycles. The van der Waals surface area contributed by atoms with Gasteiger partial charge in [0.2, 0.25) is 5.88 Å². The zero-order chi connectivity index (χ0) is 24.6. The van der Waals surface area contributed by atoms with E-state index in [0.717, 1.165) is 27.9 Å². The summed E-state index contributed by atoms with van der Waals surface area (Å²) in [5, 5.41) is 5.94. The number of halogens is 3. The van der Waals surface area contributed by atoms with Crippen LogP contribution in [0.2, 0.25) is 0 Å². The number of alkyl halides is 2. The van der Waals surface area contributed by atoms with Crippen LogP contribution in [0.4, 0.5) is 4.39 Å². The van der Waals surface area contributed by atoms with E-state index in [1.165, 1.54) is 10.7 Å². The molecule has 8 heteroatoms. The molecule has 5 nitrogen and oxygen atoms in total. The van der Waals surface area contributed by atoms with Gasteiger partial charge >= 0.3 is 0 Å². The summed E-state index contributed by atoms with van der Waals surface area (Å²) >= 11 is 7.08. The minimum absolute atomic E-state index is 0.0289. The van der Waals surface area contributed by atoms with E-state index in [9.17, 15) is 4.79 Å². The average Bonchev–Trinajstić information content (AvgIpc) is 2.82. The summed E-state index contributed by atoms with van der Waals surface area (Å²) in [6.45, 7) is 6.02. The highest BCUT2D eigenvalue weighted by atomic mass is 79.9. The Balaban J connectivity index is 1.95. The molecular formula is C26H24Br2FN3O2. The number of pyridine rings is 1. The lowest BCUT2D eigenvalue weighted by Crippen LogP contribution is -2.23. The van der Waals surface area contributed by atoms with Crippen molar-refractivity contribution in [2.45, 2.75) is 36.8 Å². The average molecular weight is 589 g/mol. The smallest absolute Gasteiger partial charge is 0.282 e. The Morgan fingerprint density at radius 1 is 1.06 bits per heavy atom. The summed E-state index contributed by atoms with van der Waals surface area (Å²) in [6, 6.07) is 12.7. The van der Waals surface area contributed by atoms with Crippen LogP contribution in [0, 0.1) is 5.82 Å². The highest BCUT2D eigenvalue weighted by Gasteiger charge is 2.21. The maximum absolute atomic E-state index is 15.2. The van der Waals surface area contributed by atoms with Crippen LogP contribution < -0.4 is 10.3 Å². The van der Waals surface area contributed by atoms with Crippen LogP contribution in [0.5, 0.6) is 5.88 Å². The number of rotatable bonds is 5. The number of aromatic nitrogens is 3. The predicted molar refractivity (Wildman–Crippen MR) is 141 cm³/mol. The third kappa shape index (κ3) is 4.41. The molecule has 2 aromatic carbocycles. The number of hydrogen-bond donors (Lipinski definition) is 0. The highest BCUT2D eigenvalue weighted by Crippen LogP contribution is 2.34. The van der Waals surface area contributed by atoms with Crippen molar-refractivity contribution in [1.29, 1.82) is 0 Å². The summed E-state index contributed by atoms with van der Waals surface area (Å²) in [5.41, 5.74) is 4.10. The first-order valence-corrected chi connectivity index (χ1v) is 12.9. The zero-order valence-corrected chi connectivity index (χ0v) is 22.5. The fraction of sp³-hybridized carbons (Fsp3) is 0.269. The third-order valence-corrected chi connectivity index (χ3v) is 6.88. The van der Waals surface area contributed by atoms with Crippen molar-refractivity contribution < 1.29 is 9.13 Å². The van der Waals surface area contributed by atoms with Crippen LogP contribution in [-0.2, 0) is 16.1 Å². The Morgan fingerprint density at radius 3 is 2.47 bits per heavy atom. The SMILES string of the molecule is COc1ccc(-c2cccc(-n3ncc4cc(C(C)(C)C)cc(F)c4c3=O)c2CBr)c(CBr)n1. The van der Waals surface area contributed by atoms with Gasteiger partial charge in [-0.05, 0) is 46.4 Å². The largest absolute Gasteiger partial charge is 0.481 e. The van der Waals surface area contributed by atoms with Gasteiger partial charge in [-0.15, -0.1) is 0 Å². The van der Waals surface area contributed by atoms with Crippen LogP contribution >= 0.6 is 31.9 Å². The van der Waals surface area contributed by atoms with Gasteiger partial charge in [0.1, 0.15) is 5.82 Å². The van der Waals surface area contributed by atoms with E-state index in [4.69, 9.17) is 4.74 Å². The van der Waals surface area contributed by atoms with Gasteiger partial charge in [0.25, 0.3) is 5.56 Å².